The fraction of sp³-hybridized carbons (Fsp3) is 0.625. The van der Waals surface area contributed by atoms with E-state index in [0.29, 0.717) is 5.92 Å². The lowest BCUT2D eigenvalue weighted by molar-refractivity contribution is 0.0275. The summed E-state index contributed by atoms with van der Waals surface area (Å²) in [6, 6.07) is 8.01. The molecule has 102 valence electrons. The molecule has 0 saturated carbocycles. The summed E-state index contributed by atoms with van der Waals surface area (Å²) in [5.41, 5.74) is 0.301. The number of aliphatic hydroxyl groups is 1. The maximum absolute atomic E-state index is 10.7. The van der Waals surface area contributed by atoms with Crippen LogP contribution >= 0.6 is 15.9 Å². The zero-order valence-electron chi connectivity index (χ0n) is 11.7. The molecule has 1 N–H and O–H groups in total. The molecule has 0 fully saturated rings. The third-order valence-corrected chi connectivity index (χ3v) is 4.22. The Balaban J connectivity index is 2.69. The minimum absolute atomic E-state index is 0.614. The van der Waals surface area contributed by atoms with Gasteiger partial charge < -0.3 is 5.11 Å². The SMILES string of the molecule is CCCCC(CC)CC(C)(O)c1ccc(Br)cc1. The summed E-state index contributed by atoms with van der Waals surface area (Å²) >= 11 is 3.43. The van der Waals surface area contributed by atoms with Gasteiger partial charge in [0.05, 0.1) is 5.60 Å². The van der Waals surface area contributed by atoms with E-state index in [9.17, 15) is 5.11 Å². The van der Waals surface area contributed by atoms with Gasteiger partial charge in [-0.25, -0.2) is 0 Å². The van der Waals surface area contributed by atoms with Crippen molar-refractivity contribution in [3.63, 3.8) is 0 Å². The molecule has 0 aliphatic heterocycles. The molecular weight excluding hydrogens is 288 g/mol. The van der Waals surface area contributed by atoms with Crippen molar-refractivity contribution in [2.24, 2.45) is 5.92 Å². The Bertz CT molecular complexity index is 343. The van der Waals surface area contributed by atoms with Gasteiger partial charge in [-0.3, -0.25) is 0 Å². The number of benzene rings is 1. The maximum Gasteiger partial charge on any atom is 0.0871 e. The van der Waals surface area contributed by atoms with Crippen molar-refractivity contribution < 1.29 is 5.11 Å². The van der Waals surface area contributed by atoms with Gasteiger partial charge in [-0.1, -0.05) is 67.6 Å². The molecule has 0 amide bonds. The van der Waals surface area contributed by atoms with E-state index in [2.05, 4.69) is 29.8 Å². The van der Waals surface area contributed by atoms with Crippen LogP contribution in [0.3, 0.4) is 0 Å². The second-order valence-electron chi connectivity index (χ2n) is 5.40. The van der Waals surface area contributed by atoms with Gasteiger partial charge in [-0.2, -0.15) is 0 Å². The zero-order valence-corrected chi connectivity index (χ0v) is 13.3. The monoisotopic (exact) mass is 312 g/mol. The van der Waals surface area contributed by atoms with Crippen LogP contribution in [0.5, 0.6) is 0 Å². The Kier molecular flexibility index (Phi) is 6.37. The van der Waals surface area contributed by atoms with Crippen molar-refractivity contribution in [2.45, 2.75) is 58.5 Å². The lowest BCUT2D eigenvalue weighted by atomic mass is 9.83. The molecule has 0 radical (unpaired) electrons. The predicted octanol–water partition coefficient (Wildman–Crippen LogP) is 5.26. The van der Waals surface area contributed by atoms with Crippen LogP contribution < -0.4 is 0 Å². The normalized spacial score (nSPS) is 16.3. The Morgan fingerprint density at radius 3 is 2.33 bits per heavy atom. The van der Waals surface area contributed by atoms with Gasteiger partial charge in [0.2, 0.25) is 0 Å². The first-order chi connectivity index (χ1) is 8.49. The second-order valence-corrected chi connectivity index (χ2v) is 6.32. The van der Waals surface area contributed by atoms with Gasteiger partial charge in [0.1, 0.15) is 0 Å². The highest BCUT2D eigenvalue weighted by Crippen LogP contribution is 2.32. The quantitative estimate of drug-likeness (QED) is 0.727. The number of hydrogen-bond donors (Lipinski definition) is 1. The van der Waals surface area contributed by atoms with Crippen LogP contribution in [0.15, 0.2) is 28.7 Å². The Hall–Kier alpha value is -0.340. The van der Waals surface area contributed by atoms with E-state index in [1.54, 1.807) is 0 Å². The summed E-state index contributed by atoms with van der Waals surface area (Å²) in [5, 5.41) is 10.7. The van der Waals surface area contributed by atoms with Crippen molar-refractivity contribution in [1.29, 1.82) is 0 Å². The maximum atomic E-state index is 10.7. The molecule has 2 atom stereocenters. The van der Waals surface area contributed by atoms with Crippen LogP contribution in [0.1, 0.15) is 58.4 Å². The molecule has 2 heteroatoms. The molecule has 0 aliphatic carbocycles. The summed E-state index contributed by atoms with van der Waals surface area (Å²) in [7, 11) is 0. The van der Waals surface area contributed by atoms with Crippen molar-refractivity contribution in [3.8, 4) is 0 Å². The minimum atomic E-state index is -0.713. The van der Waals surface area contributed by atoms with E-state index in [0.717, 1.165) is 22.9 Å². The Morgan fingerprint density at radius 2 is 1.83 bits per heavy atom. The first-order valence-electron chi connectivity index (χ1n) is 6.98. The van der Waals surface area contributed by atoms with Crippen LogP contribution in [0.2, 0.25) is 0 Å². The molecule has 0 heterocycles. The molecule has 1 aromatic rings. The molecule has 1 rings (SSSR count). The molecule has 0 aliphatic rings. The molecule has 0 spiro atoms. The minimum Gasteiger partial charge on any atom is -0.385 e. The summed E-state index contributed by atoms with van der Waals surface area (Å²) in [6.45, 7) is 6.38. The number of hydrogen-bond acceptors (Lipinski definition) is 1. The molecule has 1 nitrogen and oxygen atoms in total. The molecule has 0 saturated heterocycles. The first-order valence-corrected chi connectivity index (χ1v) is 7.77. The lowest BCUT2D eigenvalue weighted by Crippen LogP contribution is -2.25. The Morgan fingerprint density at radius 1 is 1.22 bits per heavy atom. The van der Waals surface area contributed by atoms with Gasteiger partial charge in [0.15, 0.2) is 0 Å². The Labute approximate surface area is 120 Å². The third-order valence-electron chi connectivity index (χ3n) is 3.70. The summed E-state index contributed by atoms with van der Waals surface area (Å²) in [5.74, 6) is 0.614. The van der Waals surface area contributed by atoms with Crippen LogP contribution in [0.25, 0.3) is 0 Å². The van der Waals surface area contributed by atoms with E-state index in [4.69, 9.17) is 0 Å². The highest BCUT2D eigenvalue weighted by molar-refractivity contribution is 9.10. The van der Waals surface area contributed by atoms with Gasteiger partial charge in [-0.15, -0.1) is 0 Å². The van der Waals surface area contributed by atoms with Crippen molar-refractivity contribution >= 4 is 15.9 Å². The largest absolute Gasteiger partial charge is 0.385 e. The fourth-order valence-electron chi connectivity index (χ4n) is 2.43. The number of unbranched alkanes of at least 4 members (excludes halogenated alkanes) is 1. The fourth-order valence-corrected chi connectivity index (χ4v) is 2.70. The molecule has 1 aromatic carbocycles. The van der Waals surface area contributed by atoms with Gasteiger partial charge >= 0.3 is 0 Å². The van der Waals surface area contributed by atoms with Crippen molar-refractivity contribution in [1.82, 2.24) is 0 Å². The molecule has 18 heavy (non-hydrogen) atoms. The van der Waals surface area contributed by atoms with Crippen molar-refractivity contribution in [3.05, 3.63) is 34.3 Å². The predicted molar refractivity (Wildman–Crippen MR) is 81.6 cm³/mol. The summed E-state index contributed by atoms with van der Waals surface area (Å²) in [6.07, 6.45) is 5.71. The molecule has 2 unspecified atom stereocenters. The van der Waals surface area contributed by atoms with Crippen LogP contribution in [-0.2, 0) is 5.60 Å². The first kappa shape index (κ1) is 15.7. The summed E-state index contributed by atoms with van der Waals surface area (Å²) in [4.78, 5) is 0. The topological polar surface area (TPSA) is 20.2 Å². The lowest BCUT2D eigenvalue weighted by Gasteiger charge is -2.28. The molecule has 0 aromatic heterocycles. The van der Waals surface area contributed by atoms with Gasteiger partial charge in [0.25, 0.3) is 0 Å². The standard InChI is InChI=1S/C16H25BrO/c1-4-6-7-13(5-2)12-16(3,18)14-8-10-15(17)11-9-14/h8-11,13,18H,4-7,12H2,1-3H3. The third kappa shape index (κ3) is 4.74. The van der Waals surface area contributed by atoms with Gasteiger partial charge in [-0.05, 0) is 37.0 Å². The van der Waals surface area contributed by atoms with Crippen molar-refractivity contribution in [2.75, 3.05) is 0 Å². The van der Waals surface area contributed by atoms with E-state index in [1.807, 2.05) is 31.2 Å². The average Bonchev–Trinajstić information content (AvgIpc) is 2.35. The van der Waals surface area contributed by atoms with Gasteiger partial charge in [0, 0.05) is 4.47 Å². The number of halogens is 1. The highest BCUT2D eigenvalue weighted by atomic mass is 79.9. The van der Waals surface area contributed by atoms with Crippen LogP contribution in [-0.4, -0.2) is 5.11 Å². The second kappa shape index (κ2) is 7.30. The average molecular weight is 313 g/mol. The van der Waals surface area contributed by atoms with Crippen LogP contribution in [0, 0.1) is 5.92 Å². The van der Waals surface area contributed by atoms with Crippen LogP contribution in [0.4, 0.5) is 0 Å². The summed E-state index contributed by atoms with van der Waals surface area (Å²) < 4.78 is 1.06. The van der Waals surface area contributed by atoms with E-state index < -0.39 is 5.60 Å². The molecular formula is C16H25BrO. The zero-order chi connectivity index (χ0) is 13.6. The number of rotatable bonds is 7. The highest BCUT2D eigenvalue weighted by Gasteiger charge is 2.26. The molecule has 0 bridgehead atoms. The van der Waals surface area contributed by atoms with E-state index >= 15 is 0 Å². The van der Waals surface area contributed by atoms with E-state index in [1.165, 1.54) is 19.3 Å². The van der Waals surface area contributed by atoms with E-state index in [-0.39, 0.29) is 0 Å². The smallest absolute Gasteiger partial charge is 0.0871 e.